The molecule has 1 saturated carbocycles. The predicted octanol–water partition coefficient (Wildman–Crippen LogP) is 3.30. The van der Waals surface area contributed by atoms with Crippen molar-refractivity contribution >= 4 is 17.6 Å². The number of rotatable bonds is 4. The largest absolute Gasteiger partial charge is 0.341 e. The molecule has 1 aliphatic heterocycles. The van der Waals surface area contributed by atoms with Crippen LogP contribution in [0.4, 0.5) is 17.6 Å². The molecule has 2 aliphatic carbocycles. The number of anilines is 3. The first-order valence-corrected chi connectivity index (χ1v) is 9.34. The molecule has 3 aliphatic rings. The minimum Gasteiger partial charge on any atom is -0.341 e. The maximum Gasteiger partial charge on any atom is 0.227 e. The van der Waals surface area contributed by atoms with Crippen LogP contribution in [0, 0.1) is 0 Å². The van der Waals surface area contributed by atoms with Gasteiger partial charge in [0.1, 0.15) is 5.82 Å². The van der Waals surface area contributed by atoms with Crippen molar-refractivity contribution in [3.8, 4) is 0 Å². The number of hydrogen-bond donors (Lipinski definition) is 2. The lowest BCUT2D eigenvalue weighted by atomic mass is 10.1. The highest BCUT2D eigenvalue weighted by atomic mass is 15.3. The molecule has 0 spiro atoms. The van der Waals surface area contributed by atoms with Crippen molar-refractivity contribution in [2.24, 2.45) is 0 Å². The highest BCUT2D eigenvalue weighted by Crippen LogP contribution is 2.40. The van der Waals surface area contributed by atoms with Gasteiger partial charge >= 0.3 is 0 Å². The summed E-state index contributed by atoms with van der Waals surface area (Å²) >= 11 is 0. The Morgan fingerprint density at radius 2 is 1.92 bits per heavy atom. The quantitative estimate of drug-likeness (QED) is 0.903. The van der Waals surface area contributed by atoms with Crippen molar-refractivity contribution in [2.45, 2.75) is 57.3 Å². The molecule has 24 heavy (non-hydrogen) atoms. The number of nitrogens with zero attached hydrogens (tertiary/aromatic N) is 4. The maximum atomic E-state index is 4.88. The first-order chi connectivity index (χ1) is 11.9. The molecule has 2 aromatic heterocycles. The minimum absolute atomic E-state index is 0.688. The van der Waals surface area contributed by atoms with Crippen molar-refractivity contribution in [1.82, 2.24) is 20.2 Å². The van der Waals surface area contributed by atoms with Gasteiger partial charge in [-0.25, -0.2) is 4.98 Å². The minimum atomic E-state index is 0.688. The average Bonchev–Trinajstić information content (AvgIpc) is 3.17. The number of aryl methyl sites for hydroxylation is 1. The van der Waals surface area contributed by atoms with E-state index in [0.29, 0.717) is 5.92 Å². The molecule has 6 nitrogen and oxygen atoms in total. The van der Waals surface area contributed by atoms with Gasteiger partial charge in [0, 0.05) is 36.3 Å². The highest BCUT2D eigenvalue weighted by Gasteiger charge is 2.26. The van der Waals surface area contributed by atoms with Gasteiger partial charge in [-0.3, -0.25) is 5.10 Å². The van der Waals surface area contributed by atoms with Crippen LogP contribution in [0.3, 0.4) is 0 Å². The standard InChI is InChI=1S/C18H24N6/c1-2-9-24(10-3-1)18-19-14-6-4-5-13(14)17(21-18)20-16-11-15(22-23-16)12-7-8-12/h11-12H,1-10H2,(H2,19,20,21,22,23). The Morgan fingerprint density at radius 3 is 2.75 bits per heavy atom. The maximum absolute atomic E-state index is 4.88. The summed E-state index contributed by atoms with van der Waals surface area (Å²) < 4.78 is 0. The molecule has 0 bridgehead atoms. The monoisotopic (exact) mass is 324 g/mol. The molecule has 2 fully saturated rings. The molecule has 5 rings (SSSR count). The first kappa shape index (κ1) is 14.3. The Labute approximate surface area is 142 Å². The SMILES string of the molecule is c1c(Nc2nc(N3CCCCC3)nc3c2CCC3)n[nH]c1C1CC1. The third-order valence-electron chi connectivity index (χ3n) is 5.42. The molecule has 0 amide bonds. The van der Waals surface area contributed by atoms with E-state index in [1.54, 1.807) is 0 Å². The zero-order valence-electron chi connectivity index (χ0n) is 14.0. The fourth-order valence-corrected chi connectivity index (χ4v) is 3.88. The van der Waals surface area contributed by atoms with Crippen LogP contribution in [0.15, 0.2) is 6.07 Å². The van der Waals surface area contributed by atoms with Crippen molar-refractivity contribution < 1.29 is 0 Å². The molecule has 0 unspecified atom stereocenters. The Morgan fingerprint density at radius 1 is 1.04 bits per heavy atom. The molecule has 1 saturated heterocycles. The Bertz CT molecular complexity index is 742. The van der Waals surface area contributed by atoms with Crippen LogP contribution in [0.2, 0.25) is 0 Å². The summed E-state index contributed by atoms with van der Waals surface area (Å²) in [7, 11) is 0. The lowest BCUT2D eigenvalue weighted by molar-refractivity contribution is 0.567. The summed E-state index contributed by atoms with van der Waals surface area (Å²) in [5.74, 6) is 3.44. The lowest BCUT2D eigenvalue weighted by Gasteiger charge is -2.27. The van der Waals surface area contributed by atoms with E-state index < -0.39 is 0 Å². The second-order valence-electron chi connectivity index (χ2n) is 7.31. The Kier molecular flexibility index (Phi) is 3.42. The number of nitrogens with one attached hydrogen (secondary N) is 2. The first-order valence-electron chi connectivity index (χ1n) is 9.34. The highest BCUT2D eigenvalue weighted by molar-refractivity contribution is 5.60. The fraction of sp³-hybridized carbons (Fsp3) is 0.611. The van der Waals surface area contributed by atoms with Crippen LogP contribution in [-0.2, 0) is 12.8 Å². The number of aromatic nitrogens is 4. The second-order valence-corrected chi connectivity index (χ2v) is 7.31. The zero-order valence-corrected chi connectivity index (χ0v) is 14.0. The van der Waals surface area contributed by atoms with Gasteiger partial charge in [0.05, 0.1) is 5.69 Å². The Hall–Kier alpha value is -2.11. The third-order valence-corrected chi connectivity index (χ3v) is 5.42. The van der Waals surface area contributed by atoms with Gasteiger partial charge in [0.2, 0.25) is 5.95 Å². The molecule has 0 aromatic carbocycles. The van der Waals surface area contributed by atoms with Gasteiger partial charge in [-0.2, -0.15) is 10.1 Å². The van der Waals surface area contributed by atoms with Gasteiger partial charge < -0.3 is 10.2 Å². The average molecular weight is 324 g/mol. The van der Waals surface area contributed by atoms with Crippen LogP contribution in [-0.4, -0.2) is 33.3 Å². The van der Waals surface area contributed by atoms with E-state index in [9.17, 15) is 0 Å². The van der Waals surface area contributed by atoms with Gasteiger partial charge in [-0.15, -0.1) is 0 Å². The summed E-state index contributed by atoms with van der Waals surface area (Å²) in [6.07, 6.45) is 9.69. The van der Waals surface area contributed by atoms with Gasteiger partial charge in [0.25, 0.3) is 0 Å². The molecule has 2 N–H and O–H groups in total. The smallest absolute Gasteiger partial charge is 0.227 e. The number of aromatic amines is 1. The summed E-state index contributed by atoms with van der Waals surface area (Å²) in [5, 5.41) is 11.1. The molecule has 3 heterocycles. The van der Waals surface area contributed by atoms with E-state index >= 15 is 0 Å². The van der Waals surface area contributed by atoms with Gasteiger partial charge in [-0.05, 0) is 51.4 Å². The van der Waals surface area contributed by atoms with E-state index in [1.807, 2.05) is 0 Å². The topological polar surface area (TPSA) is 69.7 Å². The van der Waals surface area contributed by atoms with Crippen molar-refractivity contribution in [1.29, 1.82) is 0 Å². The number of hydrogen-bond acceptors (Lipinski definition) is 5. The third kappa shape index (κ3) is 2.64. The van der Waals surface area contributed by atoms with E-state index in [4.69, 9.17) is 9.97 Å². The summed E-state index contributed by atoms with van der Waals surface area (Å²) in [6, 6.07) is 2.14. The van der Waals surface area contributed by atoms with Crippen LogP contribution in [0.5, 0.6) is 0 Å². The van der Waals surface area contributed by atoms with Crippen LogP contribution < -0.4 is 10.2 Å². The van der Waals surface area contributed by atoms with E-state index in [1.165, 1.54) is 55.5 Å². The van der Waals surface area contributed by atoms with E-state index in [-0.39, 0.29) is 0 Å². The molecule has 0 radical (unpaired) electrons. The fourth-order valence-electron chi connectivity index (χ4n) is 3.88. The number of fused-ring (bicyclic) bond motifs is 1. The summed E-state index contributed by atoms with van der Waals surface area (Å²) in [6.45, 7) is 2.15. The zero-order chi connectivity index (χ0) is 15.9. The van der Waals surface area contributed by atoms with Gasteiger partial charge in [-0.1, -0.05) is 0 Å². The molecular formula is C18H24N6. The summed E-state index contributed by atoms with van der Waals surface area (Å²) in [5.41, 5.74) is 3.76. The molecule has 2 aromatic rings. The van der Waals surface area contributed by atoms with Crippen molar-refractivity contribution in [3.63, 3.8) is 0 Å². The molecule has 0 atom stereocenters. The van der Waals surface area contributed by atoms with Gasteiger partial charge in [0.15, 0.2) is 5.82 Å². The lowest BCUT2D eigenvalue weighted by Crippen LogP contribution is -2.31. The Balaban J connectivity index is 1.45. The van der Waals surface area contributed by atoms with E-state index in [0.717, 1.165) is 43.5 Å². The second kappa shape index (κ2) is 5.76. The normalized spacial score (nSPS) is 20.2. The predicted molar refractivity (Wildman–Crippen MR) is 94.0 cm³/mol. The number of piperidine rings is 1. The van der Waals surface area contributed by atoms with Crippen molar-refractivity contribution in [2.75, 3.05) is 23.3 Å². The van der Waals surface area contributed by atoms with E-state index in [2.05, 4.69) is 26.5 Å². The molecule has 126 valence electrons. The van der Waals surface area contributed by atoms with Crippen LogP contribution in [0.1, 0.15) is 61.4 Å². The van der Waals surface area contributed by atoms with Crippen molar-refractivity contribution in [3.05, 3.63) is 23.0 Å². The molecule has 6 heteroatoms. The van der Waals surface area contributed by atoms with Crippen LogP contribution >= 0.6 is 0 Å². The van der Waals surface area contributed by atoms with Crippen LogP contribution in [0.25, 0.3) is 0 Å². The number of H-pyrrole nitrogens is 1. The molecular weight excluding hydrogens is 300 g/mol. The summed E-state index contributed by atoms with van der Waals surface area (Å²) in [4.78, 5) is 12.1.